The minimum absolute atomic E-state index is 0.0997. The molecule has 2 aromatic carbocycles. The fourth-order valence-corrected chi connectivity index (χ4v) is 2.50. The van der Waals surface area contributed by atoms with Gasteiger partial charge in [-0.05, 0) is 11.1 Å². The molecule has 2 rings (SSSR count). The molecule has 0 bridgehead atoms. The Bertz CT molecular complexity index is 460. The topological polar surface area (TPSA) is 40.5 Å². The van der Waals surface area contributed by atoms with Gasteiger partial charge in [0.05, 0.1) is 12.2 Å². The Morgan fingerprint density at radius 2 is 0.900 bits per heavy atom. The van der Waals surface area contributed by atoms with E-state index in [1.165, 1.54) is 0 Å². The summed E-state index contributed by atoms with van der Waals surface area (Å²) in [5, 5.41) is 20.8. The van der Waals surface area contributed by atoms with Gasteiger partial charge in [-0.2, -0.15) is 0 Å². The number of hydrogen-bond acceptors (Lipinski definition) is 2. The Morgan fingerprint density at radius 3 is 1.20 bits per heavy atom. The third kappa shape index (κ3) is 3.27. The molecule has 106 valence electrons. The van der Waals surface area contributed by atoms with E-state index in [9.17, 15) is 10.2 Å². The fourth-order valence-electron chi connectivity index (χ4n) is 2.50. The molecule has 0 aliphatic rings. The van der Waals surface area contributed by atoms with Crippen LogP contribution in [0, 0.1) is 0 Å². The second-order valence-corrected chi connectivity index (χ2v) is 5.38. The molecule has 0 saturated carbocycles. The van der Waals surface area contributed by atoms with E-state index in [4.69, 9.17) is 0 Å². The zero-order chi connectivity index (χ0) is 14.5. The van der Waals surface area contributed by atoms with Crippen molar-refractivity contribution in [1.29, 1.82) is 0 Å². The lowest BCUT2D eigenvalue weighted by Gasteiger charge is -2.28. The molecule has 0 saturated heterocycles. The average molecular weight is 270 g/mol. The van der Waals surface area contributed by atoms with Crippen LogP contribution in [0.1, 0.15) is 36.8 Å². The first-order valence-electron chi connectivity index (χ1n) is 7.07. The highest BCUT2D eigenvalue weighted by Crippen LogP contribution is 2.28. The summed E-state index contributed by atoms with van der Waals surface area (Å²) < 4.78 is 0. The van der Waals surface area contributed by atoms with Crippen molar-refractivity contribution in [2.24, 2.45) is 0 Å². The summed E-state index contributed by atoms with van der Waals surface area (Å²) in [5.74, 6) is -0.199. The van der Waals surface area contributed by atoms with E-state index in [2.05, 4.69) is 0 Å². The van der Waals surface area contributed by atoms with Gasteiger partial charge in [-0.3, -0.25) is 0 Å². The lowest BCUT2D eigenvalue weighted by atomic mass is 9.84. The predicted molar refractivity (Wildman–Crippen MR) is 81.7 cm³/mol. The van der Waals surface area contributed by atoms with Crippen LogP contribution in [-0.4, -0.2) is 22.4 Å². The van der Waals surface area contributed by atoms with Crippen LogP contribution in [0.15, 0.2) is 60.7 Å². The van der Waals surface area contributed by atoms with Crippen LogP contribution in [-0.2, 0) is 0 Å². The van der Waals surface area contributed by atoms with Gasteiger partial charge in [0.25, 0.3) is 0 Å². The standard InChI is InChI=1S/C18H22O2/c1-13(15-9-5-3-6-10-15)17(19)18(20)14(2)16-11-7-4-8-12-16/h3-14,17-20H,1-2H3/t13-,14-,17+,18+/m0/s1. The van der Waals surface area contributed by atoms with Crippen LogP contribution >= 0.6 is 0 Å². The summed E-state index contributed by atoms with van der Waals surface area (Å²) in [5.41, 5.74) is 2.08. The highest BCUT2D eigenvalue weighted by molar-refractivity contribution is 5.23. The average Bonchev–Trinajstić information content (AvgIpc) is 2.53. The smallest absolute Gasteiger partial charge is 0.0870 e. The molecule has 2 aromatic rings. The highest BCUT2D eigenvalue weighted by atomic mass is 16.3. The van der Waals surface area contributed by atoms with Gasteiger partial charge in [-0.15, -0.1) is 0 Å². The molecule has 2 heteroatoms. The molecule has 0 fully saturated rings. The fraction of sp³-hybridized carbons (Fsp3) is 0.333. The molecule has 0 aromatic heterocycles. The van der Waals surface area contributed by atoms with E-state index in [1.807, 2.05) is 74.5 Å². The summed E-state index contributed by atoms with van der Waals surface area (Å²) in [6.45, 7) is 3.89. The summed E-state index contributed by atoms with van der Waals surface area (Å²) in [7, 11) is 0. The number of aliphatic hydroxyl groups excluding tert-OH is 2. The Labute approximate surface area is 120 Å². The summed E-state index contributed by atoms with van der Waals surface area (Å²) in [6, 6.07) is 19.6. The van der Waals surface area contributed by atoms with E-state index in [-0.39, 0.29) is 11.8 Å². The van der Waals surface area contributed by atoms with Gasteiger partial charge in [0.15, 0.2) is 0 Å². The maximum Gasteiger partial charge on any atom is 0.0870 e. The van der Waals surface area contributed by atoms with E-state index in [0.717, 1.165) is 11.1 Å². The van der Waals surface area contributed by atoms with Crippen molar-refractivity contribution in [3.8, 4) is 0 Å². The maximum absolute atomic E-state index is 10.4. The van der Waals surface area contributed by atoms with Crippen molar-refractivity contribution in [3.63, 3.8) is 0 Å². The number of aliphatic hydroxyl groups is 2. The van der Waals surface area contributed by atoms with Gasteiger partial charge in [-0.1, -0.05) is 74.5 Å². The Hall–Kier alpha value is -1.64. The van der Waals surface area contributed by atoms with Crippen LogP contribution < -0.4 is 0 Å². The Morgan fingerprint density at radius 1 is 0.600 bits per heavy atom. The molecule has 0 unspecified atom stereocenters. The van der Waals surface area contributed by atoms with Crippen molar-refractivity contribution < 1.29 is 10.2 Å². The van der Waals surface area contributed by atoms with Gasteiger partial charge in [0, 0.05) is 11.8 Å². The molecule has 0 spiro atoms. The maximum atomic E-state index is 10.4. The van der Waals surface area contributed by atoms with Crippen molar-refractivity contribution in [1.82, 2.24) is 0 Å². The molecule has 4 atom stereocenters. The second-order valence-electron chi connectivity index (χ2n) is 5.38. The van der Waals surface area contributed by atoms with Crippen molar-refractivity contribution in [2.45, 2.75) is 37.9 Å². The summed E-state index contributed by atoms with van der Waals surface area (Å²) in [6.07, 6.45) is -1.57. The molecule has 2 N–H and O–H groups in total. The third-order valence-electron chi connectivity index (χ3n) is 4.03. The molecule has 0 amide bonds. The Kier molecular flexibility index (Phi) is 4.94. The van der Waals surface area contributed by atoms with Crippen LogP contribution in [0.3, 0.4) is 0 Å². The molecule has 20 heavy (non-hydrogen) atoms. The van der Waals surface area contributed by atoms with Crippen LogP contribution in [0.4, 0.5) is 0 Å². The molecule has 2 nitrogen and oxygen atoms in total. The third-order valence-corrected chi connectivity index (χ3v) is 4.03. The molecule has 0 aliphatic carbocycles. The monoisotopic (exact) mass is 270 g/mol. The lowest BCUT2D eigenvalue weighted by molar-refractivity contribution is -0.00670. The zero-order valence-corrected chi connectivity index (χ0v) is 12.0. The molecular weight excluding hydrogens is 248 g/mol. The number of hydrogen-bond donors (Lipinski definition) is 2. The van der Waals surface area contributed by atoms with Crippen LogP contribution in [0.2, 0.25) is 0 Å². The van der Waals surface area contributed by atoms with E-state index in [1.54, 1.807) is 0 Å². The lowest BCUT2D eigenvalue weighted by Crippen LogP contribution is -2.34. The van der Waals surface area contributed by atoms with Crippen molar-refractivity contribution >= 4 is 0 Å². The van der Waals surface area contributed by atoms with Crippen molar-refractivity contribution in [3.05, 3.63) is 71.8 Å². The van der Waals surface area contributed by atoms with E-state index < -0.39 is 12.2 Å². The SMILES string of the molecule is C[C@@H](c1ccccc1)[C@@H](O)[C@H](O)[C@@H](C)c1ccccc1. The van der Waals surface area contributed by atoms with E-state index in [0.29, 0.717) is 0 Å². The van der Waals surface area contributed by atoms with Gasteiger partial charge in [-0.25, -0.2) is 0 Å². The molecule has 0 aliphatic heterocycles. The first kappa shape index (κ1) is 14.8. The van der Waals surface area contributed by atoms with Crippen molar-refractivity contribution in [2.75, 3.05) is 0 Å². The normalized spacial score (nSPS) is 17.2. The van der Waals surface area contributed by atoms with Gasteiger partial charge in [0.2, 0.25) is 0 Å². The number of benzene rings is 2. The summed E-state index contributed by atoms with van der Waals surface area (Å²) >= 11 is 0. The highest BCUT2D eigenvalue weighted by Gasteiger charge is 2.29. The van der Waals surface area contributed by atoms with Crippen LogP contribution in [0.25, 0.3) is 0 Å². The molecule has 0 radical (unpaired) electrons. The molecular formula is C18H22O2. The largest absolute Gasteiger partial charge is 0.390 e. The predicted octanol–water partition coefficient (Wildman–Crippen LogP) is 3.32. The van der Waals surface area contributed by atoms with E-state index >= 15 is 0 Å². The minimum Gasteiger partial charge on any atom is -0.390 e. The Balaban J connectivity index is 2.10. The van der Waals surface area contributed by atoms with Crippen LogP contribution in [0.5, 0.6) is 0 Å². The summed E-state index contributed by atoms with van der Waals surface area (Å²) in [4.78, 5) is 0. The number of rotatable bonds is 5. The van der Waals surface area contributed by atoms with Gasteiger partial charge >= 0.3 is 0 Å². The molecule has 0 heterocycles. The first-order valence-corrected chi connectivity index (χ1v) is 7.07. The first-order chi connectivity index (χ1) is 9.61. The minimum atomic E-state index is -0.785. The zero-order valence-electron chi connectivity index (χ0n) is 12.0. The van der Waals surface area contributed by atoms with Gasteiger partial charge < -0.3 is 10.2 Å². The van der Waals surface area contributed by atoms with Gasteiger partial charge in [0.1, 0.15) is 0 Å². The quantitative estimate of drug-likeness (QED) is 0.875. The second kappa shape index (κ2) is 6.69.